The molecule has 0 saturated carbocycles. The molecule has 3 heteroatoms. The van der Waals surface area contributed by atoms with Gasteiger partial charge >= 0.3 is 0 Å². The van der Waals surface area contributed by atoms with Crippen LogP contribution in [0.5, 0.6) is 5.75 Å². The van der Waals surface area contributed by atoms with Crippen molar-refractivity contribution in [2.24, 2.45) is 0 Å². The van der Waals surface area contributed by atoms with Gasteiger partial charge in [-0.15, -0.1) is 11.6 Å². The third-order valence-electron chi connectivity index (χ3n) is 3.41. The van der Waals surface area contributed by atoms with Crippen LogP contribution in [0, 0.1) is 0 Å². The van der Waals surface area contributed by atoms with Crippen LogP contribution in [0.2, 0.25) is 0 Å². The summed E-state index contributed by atoms with van der Waals surface area (Å²) in [5, 5.41) is 0.0482. The van der Waals surface area contributed by atoms with Crippen molar-refractivity contribution >= 4 is 11.6 Å². The largest absolute Gasteiger partial charge is 0.494 e. The van der Waals surface area contributed by atoms with E-state index in [2.05, 4.69) is 37.8 Å². The van der Waals surface area contributed by atoms with Gasteiger partial charge in [0.15, 0.2) is 0 Å². The fourth-order valence-corrected chi connectivity index (χ4v) is 2.43. The Balaban J connectivity index is 2.51. The minimum Gasteiger partial charge on any atom is -0.494 e. The maximum atomic E-state index is 6.53. The van der Waals surface area contributed by atoms with Gasteiger partial charge in [-0.1, -0.05) is 39.3 Å². The molecule has 0 bridgehead atoms. The van der Waals surface area contributed by atoms with E-state index in [4.69, 9.17) is 16.3 Å². The molecule has 1 atom stereocenters. The second-order valence-electron chi connectivity index (χ2n) is 5.13. The van der Waals surface area contributed by atoms with Gasteiger partial charge in [-0.05, 0) is 43.6 Å². The van der Waals surface area contributed by atoms with Crippen LogP contribution in [0.3, 0.4) is 0 Å². The molecular formula is C17H28ClNO. The molecule has 0 aliphatic rings. The Hall–Kier alpha value is -0.730. The van der Waals surface area contributed by atoms with Crippen molar-refractivity contribution < 1.29 is 4.74 Å². The zero-order valence-electron chi connectivity index (χ0n) is 13.1. The summed E-state index contributed by atoms with van der Waals surface area (Å²) >= 11 is 6.53. The van der Waals surface area contributed by atoms with Crippen LogP contribution in [0.15, 0.2) is 24.3 Å². The van der Waals surface area contributed by atoms with Gasteiger partial charge in [-0.2, -0.15) is 0 Å². The van der Waals surface area contributed by atoms with Crippen molar-refractivity contribution in [1.82, 2.24) is 4.90 Å². The maximum Gasteiger partial charge on any atom is 0.119 e. The summed E-state index contributed by atoms with van der Waals surface area (Å²) in [5.74, 6) is 0.929. The minimum absolute atomic E-state index is 0.0482. The van der Waals surface area contributed by atoms with Crippen LogP contribution in [0.25, 0.3) is 0 Å². The predicted octanol–water partition coefficient (Wildman–Crippen LogP) is 4.88. The van der Waals surface area contributed by atoms with E-state index in [9.17, 15) is 0 Å². The molecule has 1 aromatic carbocycles. The van der Waals surface area contributed by atoms with Gasteiger partial charge in [-0.25, -0.2) is 0 Å². The summed E-state index contributed by atoms with van der Waals surface area (Å²) < 4.78 is 5.59. The van der Waals surface area contributed by atoms with Crippen molar-refractivity contribution in [2.45, 2.75) is 45.4 Å². The summed E-state index contributed by atoms with van der Waals surface area (Å²) in [7, 11) is 0. The molecule has 0 fully saturated rings. The molecule has 1 unspecified atom stereocenters. The summed E-state index contributed by atoms with van der Waals surface area (Å²) in [6, 6.07) is 8.19. The molecule has 0 aliphatic carbocycles. The molecular weight excluding hydrogens is 270 g/mol. The number of ether oxygens (including phenoxy) is 1. The van der Waals surface area contributed by atoms with E-state index in [1.807, 2.05) is 12.1 Å². The van der Waals surface area contributed by atoms with E-state index in [-0.39, 0.29) is 5.38 Å². The highest BCUT2D eigenvalue weighted by molar-refractivity contribution is 6.21. The van der Waals surface area contributed by atoms with E-state index < -0.39 is 0 Å². The highest BCUT2D eigenvalue weighted by atomic mass is 35.5. The van der Waals surface area contributed by atoms with Crippen LogP contribution in [-0.4, -0.2) is 31.1 Å². The van der Waals surface area contributed by atoms with Crippen molar-refractivity contribution in [3.05, 3.63) is 29.8 Å². The SMILES string of the molecule is CCCCN(CC)CC(Cl)c1ccc(OCCC)cc1. The molecule has 0 aliphatic heterocycles. The Kier molecular flexibility index (Phi) is 8.72. The van der Waals surface area contributed by atoms with Gasteiger partial charge in [-0.3, -0.25) is 0 Å². The van der Waals surface area contributed by atoms with E-state index >= 15 is 0 Å². The topological polar surface area (TPSA) is 12.5 Å². The quantitative estimate of drug-likeness (QED) is 0.571. The summed E-state index contributed by atoms with van der Waals surface area (Å²) in [6.07, 6.45) is 3.50. The van der Waals surface area contributed by atoms with E-state index in [0.29, 0.717) is 0 Å². The zero-order chi connectivity index (χ0) is 14.8. The first-order valence-electron chi connectivity index (χ1n) is 7.80. The highest BCUT2D eigenvalue weighted by Crippen LogP contribution is 2.24. The first kappa shape index (κ1) is 17.3. The van der Waals surface area contributed by atoms with Crippen molar-refractivity contribution in [3.63, 3.8) is 0 Å². The number of likely N-dealkylation sites (N-methyl/N-ethyl adjacent to an activating group) is 1. The van der Waals surface area contributed by atoms with Gasteiger partial charge in [0.2, 0.25) is 0 Å². The second kappa shape index (κ2) is 10.1. The first-order chi connectivity index (χ1) is 9.71. The molecule has 0 N–H and O–H groups in total. The minimum atomic E-state index is 0.0482. The predicted molar refractivity (Wildman–Crippen MR) is 87.8 cm³/mol. The average Bonchev–Trinajstić information content (AvgIpc) is 2.49. The lowest BCUT2D eigenvalue weighted by molar-refractivity contribution is 0.283. The second-order valence-corrected chi connectivity index (χ2v) is 5.66. The molecule has 1 aromatic rings. The van der Waals surface area contributed by atoms with Crippen LogP contribution >= 0.6 is 11.6 Å². The zero-order valence-corrected chi connectivity index (χ0v) is 13.8. The van der Waals surface area contributed by atoms with E-state index in [1.54, 1.807) is 0 Å². The molecule has 2 nitrogen and oxygen atoms in total. The van der Waals surface area contributed by atoms with E-state index in [1.165, 1.54) is 18.4 Å². The smallest absolute Gasteiger partial charge is 0.119 e. The molecule has 0 heterocycles. The molecule has 0 saturated heterocycles. The third-order valence-corrected chi connectivity index (χ3v) is 3.80. The van der Waals surface area contributed by atoms with Crippen LogP contribution in [0.4, 0.5) is 0 Å². The lowest BCUT2D eigenvalue weighted by Crippen LogP contribution is -2.28. The number of benzene rings is 1. The average molecular weight is 298 g/mol. The standard InChI is InChI=1S/C17H28ClNO/c1-4-7-12-19(6-3)14-17(18)15-8-10-16(11-9-15)20-13-5-2/h8-11,17H,4-7,12-14H2,1-3H3. The Morgan fingerprint density at radius 1 is 1.10 bits per heavy atom. The Morgan fingerprint density at radius 2 is 1.80 bits per heavy atom. The molecule has 1 rings (SSSR count). The number of halogens is 1. The monoisotopic (exact) mass is 297 g/mol. The van der Waals surface area contributed by atoms with Gasteiger partial charge in [0.1, 0.15) is 5.75 Å². The first-order valence-corrected chi connectivity index (χ1v) is 8.24. The molecule has 0 amide bonds. The molecule has 0 aromatic heterocycles. The van der Waals surface area contributed by atoms with Gasteiger partial charge in [0.25, 0.3) is 0 Å². The fourth-order valence-electron chi connectivity index (χ4n) is 2.09. The third kappa shape index (κ3) is 6.15. The van der Waals surface area contributed by atoms with Gasteiger partial charge in [0, 0.05) is 6.54 Å². The van der Waals surface area contributed by atoms with Gasteiger partial charge < -0.3 is 9.64 Å². The molecule has 0 spiro atoms. The Bertz CT molecular complexity index is 353. The number of rotatable bonds is 10. The number of hydrogen-bond donors (Lipinski definition) is 0. The highest BCUT2D eigenvalue weighted by Gasteiger charge is 2.12. The van der Waals surface area contributed by atoms with Crippen LogP contribution in [-0.2, 0) is 0 Å². The lowest BCUT2D eigenvalue weighted by Gasteiger charge is -2.23. The fraction of sp³-hybridized carbons (Fsp3) is 0.647. The maximum absolute atomic E-state index is 6.53. The Morgan fingerprint density at radius 3 is 2.35 bits per heavy atom. The van der Waals surface area contributed by atoms with Crippen molar-refractivity contribution in [2.75, 3.05) is 26.2 Å². The summed E-state index contributed by atoms with van der Waals surface area (Å²) in [6.45, 7) is 10.4. The molecule has 0 radical (unpaired) electrons. The number of unbranched alkanes of at least 4 members (excludes halogenated alkanes) is 1. The lowest BCUT2D eigenvalue weighted by atomic mass is 10.1. The van der Waals surface area contributed by atoms with Crippen LogP contribution in [0.1, 0.15) is 51.0 Å². The molecule has 114 valence electrons. The molecule has 20 heavy (non-hydrogen) atoms. The van der Waals surface area contributed by atoms with Crippen molar-refractivity contribution in [1.29, 1.82) is 0 Å². The number of hydrogen-bond acceptors (Lipinski definition) is 2. The van der Waals surface area contributed by atoms with Crippen molar-refractivity contribution in [3.8, 4) is 5.75 Å². The van der Waals surface area contributed by atoms with Crippen LogP contribution < -0.4 is 4.74 Å². The summed E-state index contributed by atoms with van der Waals surface area (Å²) in [5.41, 5.74) is 1.17. The van der Waals surface area contributed by atoms with E-state index in [0.717, 1.165) is 38.4 Å². The Labute approximate surface area is 129 Å². The number of alkyl halides is 1. The normalized spacial score (nSPS) is 12.7. The van der Waals surface area contributed by atoms with Gasteiger partial charge in [0.05, 0.1) is 12.0 Å². The summed E-state index contributed by atoms with van der Waals surface area (Å²) in [4.78, 5) is 2.42. The number of nitrogens with zero attached hydrogens (tertiary/aromatic N) is 1.